The van der Waals surface area contributed by atoms with Crippen molar-refractivity contribution in [3.05, 3.63) is 23.0 Å². The monoisotopic (exact) mass is 338 g/mol. The van der Waals surface area contributed by atoms with Crippen molar-refractivity contribution >= 4 is 27.3 Å². The Labute approximate surface area is 129 Å². The number of nitrogens with one attached hydrogen (secondary N) is 1. The molecule has 0 saturated carbocycles. The summed E-state index contributed by atoms with van der Waals surface area (Å²) >= 11 is 5.59. The van der Waals surface area contributed by atoms with Crippen molar-refractivity contribution < 1.29 is 17.9 Å². The average molecular weight is 339 g/mol. The van der Waals surface area contributed by atoms with Crippen LogP contribution < -0.4 is 10.5 Å². The zero-order chi connectivity index (χ0) is 16.2. The van der Waals surface area contributed by atoms with Gasteiger partial charge in [0, 0.05) is 12.2 Å². The van der Waals surface area contributed by atoms with Crippen LogP contribution in [0.15, 0.2) is 17.0 Å². The number of hydrogen-bond donors (Lipinski definition) is 3. The number of sulfonamides is 1. The minimum atomic E-state index is -4.13. The molecule has 1 aromatic carbocycles. The SMILES string of the molecule is CCC(CC)C(O)CNS(=O)(=O)c1cc(N)cc(Cl)c1F. The summed E-state index contributed by atoms with van der Waals surface area (Å²) in [5.41, 5.74) is 5.52. The van der Waals surface area contributed by atoms with Crippen LogP contribution >= 0.6 is 11.6 Å². The van der Waals surface area contributed by atoms with Crippen molar-refractivity contribution in [3.8, 4) is 0 Å². The maximum atomic E-state index is 13.8. The molecule has 21 heavy (non-hydrogen) atoms. The van der Waals surface area contributed by atoms with Crippen LogP contribution in [0.4, 0.5) is 10.1 Å². The summed E-state index contributed by atoms with van der Waals surface area (Å²) < 4.78 is 40.2. The molecule has 0 amide bonds. The molecule has 0 aliphatic heterocycles. The molecule has 1 rings (SSSR count). The summed E-state index contributed by atoms with van der Waals surface area (Å²) in [5, 5.41) is 9.56. The van der Waals surface area contributed by atoms with Gasteiger partial charge < -0.3 is 10.8 Å². The van der Waals surface area contributed by atoms with E-state index in [1.807, 2.05) is 13.8 Å². The Morgan fingerprint density at radius 1 is 1.38 bits per heavy atom. The lowest BCUT2D eigenvalue weighted by atomic mass is 9.97. The molecule has 1 unspecified atom stereocenters. The van der Waals surface area contributed by atoms with Crippen LogP contribution in [0.1, 0.15) is 26.7 Å². The Kier molecular flexibility index (Phi) is 6.40. The van der Waals surface area contributed by atoms with Gasteiger partial charge in [-0.1, -0.05) is 38.3 Å². The lowest BCUT2D eigenvalue weighted by Crippen LogP contribution is -2.36. The fraction of sp³-hybridized carbons (Fsp3) is 0.538. The van der Waals surface area contributed by atoms with Gasteiger partial charge in [-0.05, 0) is 18.1 Å². The van der Waals surface area contributed by atoms with Gasteiger partial charge in [-0.15, -0.1) is 0 Å². The molecule has 0 heterocycles. The molecule has 0 fully saturated rings. The Morgan fingerprint density at radius 2 is 1.95 bits per heavy atom. The summed E-state index contributed by atoms with van der Waals surface area (Å²) in [6.45, 7) is 3.62. The van der Waals surface area contributed by atoms with Gasteiger partial charge in [0.05, 0.1) is 11.1 Å². The van der Waals surface area contributed by atoms with Crippen LogP contribution in [0.25, 0.3) is 0 Å². The van der Waals surface area contributed by atoms with Crippen LogP contribution in [0.2, 0.25) is 5.02 Å². The van der Waals surface area contributed by atoms with E-state index in [2.05, 4.69) is 4.72 Å². The first kappa shape index (κ1) is 18.2. The van der Waals surface area contributed by atoms with Gasteiger partial charge in [-0.2, -0.15) is 0 Å². The summed E-state index contributed by atoms with van der Waals surface area (Å²) in [4.78, 5) is -0.621. The fourth-order valence-electron chi connectivity index (χ4n) is 2.05. The first-order valence-corrected chi connectivity index (χ1v) is 8.51. The third-order valence-electron chi connectivity index (χ3n) is 3.38. The van der Waals surface area contributed by atoms with Gasteiger partial charge in [0.15, 0.2) is 5.82 Å². The zero-order valence-electron chi connectivity index (χ0n) is 11.9. The lowest BCUT2D eigenvalue weighted by Gasteiger charge is -2.20. The van der Waals surface area contributed by atoms with Crippen molar-refractivity contribution in [2.24, 2.45) is 5.92 Å². The number of anilines is 1. The number of aliphatic hydroxyl groups is 1. The summed E-state index contributed by atoms with van der Waals surface area (Å²) in [5.74, 6) is -1.09. The van der Waals surface area contributed by atoms with Crippen molar-refractivity contribution in [1.29, 1.82) is 0 Å². The van der Waals surface area contributed by atoms with E-state index < -0.39 is 26.8 Å². The number of benzene rings is 1. The number of nitrogen functional groups attached to an aromatic ring is 1. The van der Waals surface area contributed by atoms with Gasteiger partial charge >= 0.3 is 0 Å². The standard InChI is InChI=1S/C13H20ClFN2O3S/c1-3-8(4-2)11(18)7-17-21(19,20)12-6-9(16)5-10(14)13(12)15/h5-6,8,11,17-18H,3-4,7,16H2,1-2H3. The number of halogens is 2. The molecule has 8 heteroatoms. The van der Waals surface area contributed by atoms with Gasteiger partial charge in [0.1, 0.15) is 4.90 Å². The molecular weight excluding hydrogens is 319 g/mol. The molecule has 0 radical (unpaired) electrons. The summed E-state index contributed by atoms with van der Waals surface area (Å²) in [6.07, 6.45) is 0.602. The summed E-state index contributed by atoms with van der Waals surface area (Å²) in [6, 6.07) is 2.13. The fourth-order valence-corrected chi connectivity index (χ4v) is 3.52. The molecule has 0 aromatic heterocycles. The Bertz CT molecular complexity index is 591. The van der Waals surface area contributed by atoms with Crippen molar-refractivity contribution in [1.82, 2.24) is 4.72 Å². The second kappa shape index (κ2) is 7.40. The van der Waals surface area contributed by atoms with Crippen molar-refractivity contribution in [2.75, 3.05) is 12.3 Å². The van der Waals surface area contributed by atoms with E-state index in [0.29, 0.717) is 0 Å². The Balaban J connectivity index is 2.93. The number of rotatable bonds is 7. The second-order valence-electron chi connectivity index (χ2n) is 4.81. The van der Waals surface area contributed by atoms with Gasteiger partial charge in [-0.3, -0.25) is 0 Å². The molecule has 5 nitrogen and oxygen atoms in total. The molecule has 0 saturated heterocycles. The molecule has 4 N–H and O–H groups in total. The Hall–Kier alpha value is -0.890. The Morgan fingerprint density at radius 3 is 2.48 bits per heavy atom. The topological polar surface area (TPSA) is 92.4 Å². The van der Waals surface area contributed by atoms with Crippen LogP contribution in [0.3, 0.4) is 0 Å². The first-order valence-electron chi connectivity index (χ1n) is 6.65. The number of hydrogen-bond acceptors (Lipinski definition) is 4. The minimum Gasteiger partial charge on any atom is -0.399 e. The predicted octanol–water partition coefficient (Wildman–Crippen LogP) is 2.14. The lowest BCUT2D eigenvalue weighted by molar-refractivity contribution is 0.107. The van der Waals surface area contributed by atoms with E-state index in [1.54, 1.807) is 0 Å². The van der Waals surface area contributed by atoms with E-state index in [1.165, 1.54) is 0 Å². The van der Waals surface area contributed by atoms with E-state index in [0.717, 1.165) is 25.0 Å². The van der Waals surface area contributed by atoms with Crippen LogP contribution in [0.5, 0.6) is 0 Å². The molecule has 1 aromatic rings. The maximum absolute atomic E-state index is 13.8. The van der Waals surface area contributed by atoms with Crippen LogP contribution in [-0.2, 0) is 10.0 Å². The largest absolute Gasteiger partial charge is 0.399 e. The molecule has 0 aliphatic rings. The molecule has 0 aliphatic carbocycles. The second-order valence-corrected chi connectivity index (χ2v) is 6.95. The normalized spacial score (nSPS) is 13.6. The van der Waals surface area contributed by atoms with Gasteiger partial charge in [-0.25, -0.2) is 17.5 Å². The predicted molar refractivity (Wildman–Crippen MR) is 81.1 cm³/mol. The van der Waals surface area contributed by atoms with Crippen molar-refractivity contribution in [3.63, 3.8) is 0 Å². The number of nitrogens with two attached hydrogens (primary N) is 1. The summed E-state index contributed by atoms with van der Waals surface area (Å²) in [7, 11) is -4.13. The van der Waals surface area contributed by atoms with Gasteiger partial charge in [0.25, 0.3) is 0 Å². The molecular formula is C13H20ClFN2O3S. The molecule has 1 atom stereocenters. The van der Waals surface area contributed by atoms with Crippen molar-refractivity contribution in [2.45, 2.75) is 37.7 Å². The molecule has 0 spiro atoms. The number of aliphatic hydroxyl groups excluding tert-OH is 1. The quantitative estimate of drug-likeness (QED) is 0.664. The highest BCUT2D eigenvalue weighted by Crippen LogP contribution is 2.25. The smallest absolute Gasteiger partial charge is 0.243 e. The van der Waals surface area contributed by atoms with E-state index in [-0.39, 0.29) is 23.2 Å². The van der Waals surface area contributed by atoms with Crippen LogP contribution in [0, 0.1) is 11.7 Å². The third kappa shape index (κ3) is 4.54. The van der Waals surface area contributed by atoms with Crippen LogP contribution in [-0.4, -0.2) is 26.2 Å². The molecule has 0 bridgehead atoms. The van der Waals surface area contributed by atoms with E-state index >= 15 is 0 Å². The zero-order valence-corrected chi connectivity index (χ0v) is 13.5. The maximum Gasteiger partial charge on any atom is 0.243 e. The molecule has 120 valence electrons. The first-order chi connectivity index (χ1) is 9.72. The third-order valence-corrected chi connectivity index (χ3v) is 5.08. The highest BCUT2D eigenvalue weighted by molar-refractivity contribution is 7.89. The highest BCUT2D eigenvalue weighted by Gasteiger charge is 2.24. The van der Waals surface area contributed by atoms with E-state index in [9.17, 15) is 17.9 Å². The van der Waals surface area contributed by atoms with Gasteiger partial charge in [0.2, 0.25) is 10.0 Å². The minimum absolute atomic E-state index is 0.0259. The average Bonchev–Trinajstić information content (AvgIpc) is 2.42. The highest BCUT2D eigenvalue weighted by atomic mass is 35.5. The van der Waals surface area contributed by atoms with E-state index in [4.69, 9.17) is 17.3 Å².